The number of H-pyrrole nitrogens is 1. The highest BCUT2D eigenvalue weighted by atomic mass is 32.1. The van der Waals surface area contributed by atoms with Crippen LogP contribution in [0.2, 0.25) is 0 Å². The van der Waals surface area contributed by atoms with Gasteiger partial charge in [-0.15, -0.1) is 11.3 Å². The van der Waals surface area contributed by atoms with Crippen LogP contribution in [0.5, 0.6) is 0 Å². The molecule has 2 aromatic heterocycles. The van der Waals surface area contributed by atoms with Crippen LogP contribution in [0.25, 0.3) is 0 Å². The Kier molecular flexibility index (Phi) is 5.42. The average molecular weight is 332 g/mol. The Balaban J connectivity index is 2.15. The van der Waals surface area contributed by atoms with Gasteiger partial charge in [0.15, 0.2) is 0 Å². The Morgan fingerprint density at radius 1 is 1.35 bits per heavy atom. The molecular weight excluding hydrogens is 308 g/mol. The normalized spacial score (nSPS) is 12.2. The van der Waals surface area contributed by atoms with Crippen LogP contribution in [0, 0.1) is 20.8 Å². The summed E-state index contributed by atoms with van der Waals surface area (Å²) < 4.78 is 0. The number of aromatic nitrogens is 1. The fourth-order valence-electron chi connectivity index (χ4n) is 2.69. The number of aromatic amines is 1. The van der Waals surface area contributed by atoms with E-state index in [0.29, 0.717) is 17.0 Å². The minimum absolute atomic E-state index is 0.118. The molecule has 0 aliphatic rings. The monoisotopic (exact) mass is 332 g/mol. The first-order valence-electron chi connectivity index (χ1n) is 7.90. The molecule has 1 atom stereocenters. The van der Waals surface area contributed by atoms with E-state index in [0.717, 1.165) is 23.2 Å². The molecule has 2 aromatic rings. The molecule has 0 bridgehead atoms. The minimum Gasteiger partial charge on any atom is -0.348 e. The van der Waals surface area contributed by atoms with E-state index in [1.807, 2.05) is 32.2 Å². The number of nitrogens with one attached hydrogen (secondary N) is 2. The summed E-state index contributed by atoms with van der Waals surface area (Å²) >= 11 is 1.64. The zero-order valence-electron chi connectivity index (χ0n) is 14.4. The maximum Gasteiger partial charge on any atom is 0.253 e. The number of amides is 1. The lowest BCUT2D eigenvalue weighted by molar-refractivity contribution is 0.0950. The third-order valence-electron chi connectivity index (χ3n) is 4.30. The van der Waals surface area contributed by atoms with Crippen LogP contribution in [0.3, 0.4) is 0 Å². The Bertz CT molecular complexity index is 774. The van der Waals surface area contributed by atoms with Crippen LogP contribution >= 0.6 is 11.3 Å². The van der Waals surface area contributed by atoms with Crippen molar-refractivity contribution in [1.29, 1.82) is 0 Å². The zero-order valence-corrected chi connectivity index (χ0v) is 15.2. The molecule has 0 saturated carbocycles. The van der Waals surface area contributed by atoms with Crippen molar-refractivity contribution in [3.8, 4) is 0 Å². The van der Waals surface area contributed by atoms with Gasteiger partial charge in [-0.1, -0.05) is 13.8 Å². The van der Waals surface area contributed by atoms with E-state index in [2.05, 4.69) is 24.1 Å². The van der Waals surface area contributed by atoms with Crippen molar-refractivity contribution in [1.82, 2.24) is 10.3 Å². The number of hydrogen-bond donors (Lipinski definition) is 2. The summed E-state index contributed by atoms with van der Waals surface area (Å²) in [5, 5.41) is 4.79. The number of carbonyl (C=O) groups is 1. The van der Waals surface area contributed by atoms with Gasteiger partial charge < -0.3 is 10.3 Å². The highest BCUT2D eigenvalue weighted by molar-refractivity contribution is 7.10. The topological polar surface area (TPSA) is 62.0 Å². The molecular formula is C18H24N2O2S. The molecule has 1 amide bonds. The van der Waals surface area contributed by atoms with Gasteiger partial charge in [-0.25, -0.2) is 0 Å². The highest BCUT2D eigenvalue weighted by Gasteiger charge is 2.17. The van der Waals surface area contributed by atoms with Gasteiger partial charge >= 0.3 is 0 Å². The molecule has 2 N–H and O–H groups in total. The van der Waals surface area contributed by atoms with Gasteiger partial charge in [0.1, 0.15) is 0 Å². The van der Waals surface area contributed by atoms with Crippen molar-refractivity contribution >= 4 is 17.2 Å². The molecule has 0 aliphatic carbocycles. The lowest BCUT2D eigenvalue weighted by Crippen LogP contribution is -2.28. The summed E-state index contributed by atoms with van der Waals surface area (Å²) in [6, 6.07) is 1.92. The standard InChI is InChI=1S/C18H24N2O2S/c1-6-10(2)16-13(5)15(9-23-16)17(21)19-8-14-11(3)7-12(4)20-18(14)22/h7,9-10H,6,8H2,1-5H3,(H,19,21)(H,20,22)/t10-/m0/s1. The first-order chi connectivity index (χ1) is 10.8. The van der Waals surface area contributed by atoms with Crippen LogP contribution in [-0.2, 0) is 6.54 Å². The van der Waals surface area contributed by atoms with Crippen LogP contribution in [-0.4, -0.2) is 10.9 Å². The number of thiophene rings is 1. The maximum atomic E-state index is 12.4. The summed E-state index contributed by atoms with van der Waals surface area (Å²) in [6.45, 7) is 10.3. The Morgan fingerprint density at radius 3 is 2.65 bits per heavy atom. The molecule has 2 rings (SSSR count). The molecule has 0 fully saturated rings. The lowest BCUT2D eigenvalue weighted by atomic mass is 10.0. The summed E-state index contributed by atoms with van der Waals surface area (Å²) in [6.07, 6.45) is 1.06. The number of pyridine rings is 1. The number of aryl methyl sites for hydroxylation is 2. The van der Waals surface area contributed by atoms with Gasteiger partial charge in [0.2, 0.25) is 0 Å². The predicted molar refractivity (Wildman–Crippen MR) is 95.5 cm³/mol. The molecule has 0 unspecified atom stereocenters. The van der Waals surface area contributed by atoms with Gasteiger partial charge in [0.25, 0.3) is 11.5 Å². The van der Waals surface area contributed by atoms with Crippen LogP contribution in [0.15, 0.2) is 16.2 Å². The molecule has 5 heteroatoms. The largest absolute Gasteiger partial charge is 0.348 e. The number of rotatable bonds is 5. The van der Waals surface area contributed by atoms with E-state index in [4.69, 9.17) is 0 Å². The van der Waals surface area contributed by atoms with Gasteiger partial charge in [-0.3, -0.25) is 9.59 Å². The van der Waals surface area contributed by atoms with Crippen molar-refractivity contribution < 1.29 is 4.79 Å². The van der Waals surface area contributed by atoms with Gasteiger partial charge in [0, 0.05) is 28.1 Å². The second-order valence-electron chi connectivity index (χ2n) is 6.07. The third-order valence-corrected chi connectivity index (χ3v) is 5.62. The highest BCUT2D eigenvalue weighted by Crippen LogP contribution is 2.30. The summed E-state index contributed by atoms with van der Waals surface area (Å²) in [7, 11) is 0. The van der Waals surface area contributed by atoms with E-state index in [-0.39, 0.29) is 18.0 Å². The lowest BCUT2D eigenvalue weighted by Gasteiger charge is -2.10. The van der Waals surface area contributed by atoms with E-state index in [1.165, 1.54) is 4.88 Å². The SMILES string of the molecule is CC[C@H](C)c1scc(C(=O)NCc2c(C)cc(C)[nH]c2=O)c1C. The Hall–Kier alpha value is -1.88. The number of hydrogen-bond acceptors (Lipinski definition) is 3. The van der Waals surface area contributed by atoms with Gasteiger partial charge in [-0.2, -0.15) is 0 Å². The average Bonchev–Trinajstić information content (AvgIpc) is 2.87. The quantitative estimate of drug-likeness (QED) is 0.874. The Morgan fingerprint density at radius 2 is 2.04 bits per heavy atom. The van der Waals surface area contributed by atoms with Crippen molar-refractivity contribution in [3.05, 3.63) is 54.6 Å². The predicted octanol–water partition coefficient (Wildman–Crippen LogP) is 3.81. The summed E-state index contributed by atoms with van der Waals surface area (Å²) in [4.78, 5) is 28.5. The van der Waals surface area contributed by atoms with Crippen molar-refractivity contribution in [3.63, 3.8) is 0 Å². The summed E-state index contributed by atoms with van der Waals surface area (Å²) in [5.41, 5.74) is 3.97. The molecule has 0 radical (unpaired) electrons. The third kappa shape index (κ3) is 3.72. The van der Waals surface area contributed by atoms with Crippen LogP contribution in [0.1, 0.15) is 63.8 Å². The maximum absolute atomic E-state index is 12.4. The fraction of sp³-hybridized carbons (Fsp3) is 0.444. The van der Waals surface area contributed by atoms with Crippen molar-refractivity contribution in [2.24, 2.45) is 0 Å². The van der Waals surface area contributed by atoms with Crippen molar-refractivity contribution in [2.45, 2.75) is 53.5 Å². The van der Waals surface area contributed by atoms with E-state index in [1.54, 1.807) is 11.3 Å². The first kappa shape index (κ1) is 17.5. The molecule has 2 heterocycles. The number of carbonyl (C=O) groups excluding carboxylic acids is 1. The molecule has 0 aromatic carbocycles. The van der Waals surface area contributed by atoms with Gasteiger partial charge in [0.05, 0.1) is 5.56 Å². The molecule has 4 nitrogen and oxygen atoms in total. The molecule has 0 aliphatic heterocycles. The minimum atomic E-state index is -0.134. The first-order valence-corrected chi connectivity index (χ1v) is 8.78. The van der Waals surface area contributed by atoms with E-state index < -0.39 is 0 Å². The van der Waals surface area contributed by atoms with Gasteiger partial charge in [-0.05, 0) is 50.3 Å². The summed E-state index contributed by atoms with van der Waals surface area (Å²) in [5.74, 6) is 0.344. The van der Waals surface area contributed by atoms with Crippen LogP contribution in [0.4, 0.5) is 0 Å². The molecule has 0 spiro atoms. The van der Waals surface area contributed by atoms with Crippen molar-refractivity contribution in [2.75, 3.05) is 0 Å². The second kappa shape index (κ2) is 7.13. The van der Waals surface area contributed by atoms with E-state index in [9.17, 15) is 9.59 Å². The second-order valence-corrected chi connectivity index (χ2v) is 6.98. The zero-order chi connectivity index (χ0) is 17.1. The molecule has 124 valence electrons. The van der Waals surface area contributed by atoms with E-state index >= 15 is 0 Å². The smallest absolute Gasteiger partial charge is 0.253 e. The molecule has 23 heavy (non-hydrogen) atoms. The Labute approximate surface area is 141 Å². The fourth-order valence-corrected chi connectivity index (χ4v) is 3.91. The molecule has 0 saturated heterocycles. The van der Waals surface area contributed by atoms with Crippen LogP contribution < -0.4 is 10.9 Å².